The van der Waals surface area contributed by atoms with Gasteiger partial charge in [0.1, 0.15) is 0 Å². The van der Waals surface area contributed by atoms with Gasteiger partial charge in [-0.2, -0.15) is 0 Å². The molecule has 0 atom stereocenters. The number of likely N-dealkylation sites (tertiary alicyclic amines) is 1. The van der Waals surface area contributed by atoms with Gasteiger partial charge in [0, 0.05) is 0 Å². The Morgan fingerprint density at radius 3 is 2.00 bits per heavy atom. The largest absolute Gasteiger partial charge is 0.324 e. The number of quaternary nitrogens is 1. The van der Waals surface area contributed by atoms with Crippen molar-refractivity contribution >= 4 is 0 Å². The van der Waals surface area contributed by atoms with Gasteiger partial charge in [0.05, 0.1) is 26.2 Å². The van der Waals surface area contributed by atoms with E-state index in [0.29, 0.717) is 0 Å². The van der Waals surface area contributed by atoms with E-state index < -0.39 is 0 Å². The third-order valence-electron chi connectivity index (χ3n) is 4.04. The number of hydrogen-bond acceptors (Lipinski definition) is 0. The van der Waals surface area contributed by atoms with Gasteiger partial charge in [-0.15, -0.1) is 0 Å². The first-order chi connectivity index (χ1) is 5.81. The summed E-state index contributed by atoms with van der Waals surface area (Å²) in [4.78, 5) is 0. The van der Waals surface area contributed by atoms with Crippen LogP contribution < -0.4 is 0 Å². The van der Waals surface area contributed by atoms with Gasteiger partial charge in [0.25, 0.3) is 0 Å². The van der Waals surface area contributed by atoms with E-state index in [1.807, 2.05) is 0 Å². The van der Waals surface area contributed by atoms with Crippen LogP contribution in [-0.4, -0.2) is 30.7 Å². The van der Waals surface area contributed by atoms with Crippen LogP contribution in [0.2, 0.25) is 0 Å². The minimum Gasteiger partial charge on any atom is -0.324 e. The van der Waals surface area contributed by atoms with Gasteiger partial charge in [-0.25, -0.2) is 0 Å². The van der Waals surface area contributed by atoms with Crippen molar-refractivity contribution in [2.75, 3.05) is 20.1 Å². The first-order valence-corrected chi connectivity index (χ1v) is 5.65. The van der Waals surface area contributed by atoms with Gasteiger partial charge in [-0.1, -0.05) is 0 Å². The molecule has 1 saturated carbocycles. The molecule has 1 nitrogen and oxygen atoms in total. The SMILES string of the molecule is C[N+]1(C2CCCC2)CCCCC1. The Morgan fingerprint density at radius 1 is 0.833 bits per heavy atom. The zero-order valence-electron chi connectivity index (χ0n) is 8.39. The minimum atomic E-state index is 1.03. The molecule has 2 fully saturated rings. The van der Waals surface area contributed by atoms with Crippen LogP contribution in [0, 0.1) is 0 Å². The van der Waals surface area contributed by atoms with E-state index >= 15 is 0 Å². The van der Waals surface area contributed by atoms with Crippen LogP contribution in [0.4, 0.5) is 0 Å². The highest BCUT2D eigenvalue weighted by atomic mass is 15.4. The summed E-state index contributed by atoms with van der Waals surface area (Å²) in [7, 11) is 2.50. The Morgan fingerprint density at radius 2 is 1.42 bits per heavy atom. The van der Waals surface area contributed by atoms with E-state index in [9.17, 15) is 0 Å². The van der Waals surface area contributed by atoms with E-state index in [1.165, 1.54) is 62.5 Å². The third-order valence-corrected chi connectivity index (χ3v) is 4.04. The lowest BCUT2D eigenvalue weighted by molar-refractivity contribution is -0.937. The Kier molecular flexibility index (Phi) is 2.40. The van der Waals surface area contributed by atoms with E-state index in [2.05, 4.69) is 7.05 Å². The van der Waals surface area contributed by atoms with Gasteiger partial charge < -0.3 is 4.48 Å². The Hall–Kier alpha value is -0.0400. The quantitative estimate of drug-likeness (QED) is 0.528. The molecular formula is C11H22N+. The molecule has 0 aromatic carbocycles. The van der Waals surface area contributed by atoms with Crippen molar-refractivity contribution in [1.82, 2.24) is 0 Å². The summed E-state index contributed by atoms with van der Waals surface area (Å²) in [5, 5.41) is 0. The second-order valence-corrected chi connectivity index (χ2v) is 4.93. The van der Waals surface area contributed by atoms with Crippen LogP contribution in [0.25, 0.3) is 0 Å². The van der Waals surface area contributed by atoms with Crippen LogP contribution >= 0.6 is 0 Å². The van der Waals surface area contributed by atoms with Crippen molar-refractivity contribution in [2.45, 2.75) is 51.0 Å². The van der Waals surface area contributed by atoms with Crippen molar-refractivity contribution in [1.29, 1.82) is 0 Å². The lowest BCUT2D eigenvalue weighted by Gasteiger charge is -2.42. The number of piperidine rings is 1. The van der Waals surface area contributed by atoms with Crippen LogP contribution in [-0.2, 0) is 0 Å². The number of nitrogens with zero attached hydrogens (tertiary/aromatic N) is 1. The zero-order valence-corrected chi connectivity index (χ0v) is 8.39. The molecule has 0 unspecified atom stereocenters. The highest BCUT2D eigenvalue weighted by Crippen LogP contribution is 2.31. The standard InChI is InChI=1S/C11H22N/c1-12(9-5-2-6-10-12)11-7-3-4-8-11/h11H,2-10H2,1H3/q+1. The molecule has 2 aliphatic rings. The fourth-order valence-corrected chi connectivity index (χ4v) is 3.13. The summed E-state index contributed by atoms with van der Waals surface area (Å²) < 4.78 is 1.42. The zero-order chi connectivity index (χ0) is 8.44. The van der Waals surface area contributed by atoms with Gasteiger partial charge >= 0.3 is 0 Å². The highest BCUT2D eigenvalue weighted by Gasteiger charge is 2.35. The third kappa shape index (κ3) is 1.52. The van der Waals surface area contributed by atoms with Gasteiger partial charge in [-0.3, -0.25) is 0 Å². The predicted octanol–water partition coefficient (Wildman–Crippen LogP) is 2.56. The van der Waals surface area contributed by atoms with E-state index in [0.717, 1.165) is 6.04 Å². The first kappa shape index (κ1) is 8.55. The average Bonchev–Trinajstić information content (AvgIpc) is 2.58. The summed E-state index contributed by atoms with van der Waals surface area (Å²) >= 11 is 0. The summed E-state index contributed by atoms with van der Waals surface area (Å²) in [6.07, 6.45) is 10.5. The van der Waals surface area contributed by atoms with Gasteiger partial charge in [-0.05, 0) is 44.9 Å². The summed E-state index contributed by atoms with van der Waals surface area (Å²) in [5.74, 6) is 0. The molecule has 1 saturated heterocycles. The lowest BCUT2D eigenvalue weighted by atomic mass is 10.0. The Bertz CT molecular complexity index is 141. The summed E-state index contributed by atoms with van der Waals surface area (Å²) in [6, 6.07) is 1.03. The predicted molar refractivity (Wildman–Crippen MR) is 52.0 cm³/mol. The van der Waals surface area contributed by atoms with Crippen molar-refractivity contribution in [2.24, 2.45) is 0 Å². The topological polar surface area (TPSA) is 0 Å². The van der Waals surface area contributed by atoms with Crippen molar-refractivity contribution in [3.05, 3.63) is 0 Å². The maximum Gasteiger partial charge on any atom is 0.0888 e. The molecule has 2 rings (SSSR count). The molecule has 12 heavy (non-hydrogen) atoms. The fourth-order valence-electron chi connectivity index (χ4n) is 3.13. The van der Waals surface area contributed by atoms with Gasteiger partial charge in [0.15, 0.2) is 0 Å². The summed E-state index contributed by atoms with van der Waals surface area (Å²) in [6.45, 7) is 2.93. The molecule has 0 N–H and O–H groups in total. The van der Waals surface area contributed by atoms with Crippen LogP contribution in [0.5, 0.6) is 0 Å². The molecule has 0 radical (unpaired) electrons. The second-order valence-electron chi connectivity index (χ2n) is 4.93. The van der Waals surface area contributed by atoms with Crippen LogP contribution in [0.1, 0.15) is 44.9 Å². The average molecular weight is 168 g/mol. The fraction of sp³-hybridized carbons (Fsp3) is 1.00. The molecule has 0 spiro atoms. The molecule has 70 valence electrons. The van der Waals surface area contributed by atoms with Gasteiger partial charge in [0.2, 0.25) is 0 Å². The first-order valence-electron chi connectivity index (χ1n) is 5.65. The number of rotatable bonds is 1. The Labute approximate surface area is 76.3 Å². The van der Waals surface area contributed by atoms with Crippen molar-refractivity contribution in [3.63, 3.8) is 0 Å². The normalized spacial score (nSPS) is 30.8. The maximum absolute atomic E-state index is 2.50. The monoisotopic (exact) mass is 168 g/mol. The molecule has 0 bridgehead atoms. The highest BCUT2D eigenvalue weighted by molar-refractivity contribution is 4.69. The van der Waals surface area contributed by atoms with Crippen molar-refractivity contribution < 1.29 is 4.48 Å². The smallest absolute Gasteiger partial charge is 0.0888 e. The molecule has 0 amide bonds. The Balaban J connectivity index is 1.97. The molecular weight excluding hydrogens is 146 g/mol. The second kappa shape index (κ2) is 3.37. The lowest BCUT2D eigenvalue weighted by Crippen LogP contribution is -2.53. The molecule has 1 heteroatoms. The summed E-state index contributed by atoms with van der Waals surface area (Å²) in [5.41, 5.74) is 0. The molecule has 1 aliphatic carbocycles. The van der Waals surface area contributed by atoms with Crippen LogP contribution in [0.3, 0.4) is 0 Å². The minimum absolute atomic E-state index is 1.03. The van der Waals surface area contributed by atoms with E-state index in [1.54, 1.807) is 0 Å². The molecule has 1 heterocycles. The number of hydrogen-bond donors (Lipinski definition) is 0. The van der Waals surface area contributed by atoms with E-state index in [4.69, 9.17) is 0 Å². The van der Waals surface area contributed by atoms with E-state index in [-0.39, 0.29) is 0 Å². The molecule has 1 aliphatic heterocycles. The van der Waals surface area contributed by atoms with Crippen LogP contribution in [0.15, 0.2) is 0 Å². The molecule has 0 aromatic heterocycles. The van der Waals surface area contributed by atoms with Crippen molar-refractivity contribution in [3.8, 4) is 0 Å². The molecule has 0 aromatic rings. The maximum atomic E-state index is 2.50.